The fraction of sp³-hybridized carbons (Fsp3) is 0.214. The number of aryl methyl sites for hydroxylation is 2. The minimum atomic E-state index is 0.515. The lowest BCUT2D eigenvalue weighted by atomic mass is 10.1. The maximum atomic E-state index is 5.68. The van der Waals surface area contributed by atoms with Crippen LogP contribution >= 0.6 is 0 Å². The second kappa shape index (κ2) is 4.44. The minimum Gasteiger partial charge on any atom is -0.326 e. The van der Waals surface area contributed by atoms with Gasteiger partial charge in [-0.1, -0.05) is 18.2 Å². The first-order valence-electron chi connectivity index (χ1n) is 6.18. The Morgan fingerprint density at radius 3 is 2.79 bits per heavy atom. The highest BCUT2D eigenvalue weighted by Gasteiger charge is 2.11. The van der Waals surface area contributed by atoms with Crippen LogP contribution in [0, 0.1) is 13.8 Å². The summed E-state index contributed by atoms with van der Waals surface area (Å²) < 4.78 is 1.96. The van der Waals surface area contributed by atoms with Crippen LogP contribution < -0.4 is 5.73 Å². The molecule has 2 N–H and O–H groups in total. The summed E-state index contributed by atoms with van der Waals surface area (Å²) >= 11 is 0. The van der Waals surface area contributed by atoms with E-state index < -0.39 is 0 Å². The van der Waals surface area contributed by atoms with Gasteiger partial charge in [-0.15, -0.1) is 10.2 Å². The molecule has 5 heteroatoms. The van der Waals surface area contributed by atoms with Gasteiger partial charge in [0.05, 0.1) is 0 Å². The van der Waals surface area contributed by atoms with Gasteiger partial charge in [-0.2, -0.15) is 0 Å². The van der Waals surface area contributed by atoms with Gasteiger partial charge in [0, 0.05) is 23.5 Å². The monoisotopic (exact) mass is 253 g/mol. The van der Waals surface area contributed by atoms with Gasteiger partial charge in [-0.25, -0.2) is 4.98 Å². The molecule has 0 atom stereocenters. The predicted molar refractivity (Wildman–Crippen MR) is 73.6 cm³/mol. The Morgan fingerprint density at radius 2 is 2.00 bits per heavy atom. The Bertz CT molecular complexity index is 745. The first-order chi connectivity index (χ1) is 9.19. The van der Waals surface area contributed by atoms with E-state index in [-0.39, 0.29) is 0 Å². The van der Waals surface area contributed by atoms with E-state index in [0.717, 1.165) is 28.3 Å². The summed E-state index contributed by atoms with van der Waals surface area (Å²) in [5.74, 6) is 1.43. The number of rotatable bonds is 2. The SMILES string of the molecule is Cc1cc(C)n2c(-c3cccc(CN)c3)nnc2n1. The smallest absolute Gasteiger partial charge is 0.255 e. The molecule has 0 fully saturated rings. The molecule has 0 unspecified atom stereocenters. The summed E-state index contributed by atoms with van der Waals surface area (Å²) in [6.07, 6.45) is 0. The van der Waals surface area contributed by atoms with Crippen molar-refractivity contribution in [3.8, 4) is 11.4 Å². The zero-order valence-electron chi connectivity index (χ0n) is 11.0. The van der Waals surface area contributed by atoms with Gasteiger partial charge in [0.2, 0.25) is 0 Å². The van der Waals surface area contributed by atoms with E-state index in [1.54, 1.807) is 0 Å². The number of hydrogen-bond acceptors (Lipinski definition) is 4. The normalized spacial score (nSPS) is 11.1. The molecule has 0 amide bonds. The first kappa shape index (κ1) is 11.8. The van der Waals surface area contributed by atoms with Crippen molar-refractivity contribution in [1.82, 2.24) is 19.6 Å². The largest absolute Gasteiger partial charge is 0.326 e. The van der Waals surface area contributed by atoms with Crippen molar-refractivity contribution in [3.05, 3.63) is 47.3 Å². The fourth-order valence-corrected chi connectivity index (χ4v) is 2.25. The molecule has 3 aromatic rings. The van der Waals surface area contributed by atoms with E-state index in [4.69, 9.17) is 5.73 Å². The molecule has 0 spiro atoms. The molecule has 2 aromatic heterocycles. The highest BCUT2D eigenvalue weighted by molar-refractivity contribution is 5.59. The second-order valence-electron chi connectivity index (χ2n) is 4.60. The van der Waals surface area contributed by atoms with Crippen LogP contribution in [0.25, 0.3) is 17.2 Å². The Balaban J connectivity index is 2.25. The Hall–Kier alpha value is -2.27. The van der Waals surface area contributed by atoms with Crippen LogP contribution in [-0.4, -0.2) is 19.6 Å². The van der Waals surface area contributed by atoms with E-state index in [0.29, 0.717) is 12.3 Å². The summed E-state index contributed by atoms with van der Waals surface area (Å²) in [4.78, 5) is 4.39. The molecule has 0 saturated carbocycles. The molecule has 19 heavy (non-hydrogen) atoms. The van der Waals surface area contributed by atoms with Crippen molar-refractivity contribution in [3.63, 3.8) is 0 Å². The topological polar surface area (TPSA) is 69.1 Å². The van der Waals surface area contributed by atoms with Gasteiger partial charge >= 0.3 is 0 Å². The number of benzene rings is 1. The van der Waals surface area contributed by atoms with Crippen LogP contribution in [0.3, 0.4) is 0 Å². The van der Waals surface area contributed by atoms with Gasteiger partial charge in [-0.05, 0) is 31.5 Å². The second-order valence-corrected chi connectivity index (χ2v) is 4.60. The molecule has 1 aromatic carbocycles. The third kappa shape index (κ3) is 1.98. The molecule has 0 bridgehead atoms. The van der Waals surface area contributed by atoms with Gasteiger partial charge < -0.3 is 5.73 Å². The van der Waals surface area contributed by atoms with Gasteiger partial charge in [-0.3, -0.25) is 4.40 Å². The van der Waals surface area contributed by atoms with Crippen LogP contribution in [-0.2, 0) is 6.54 Å². The molecule has 5 nitrogen and oxygen atoms in total. The van der Waals surface area contributed by atoms with Crippen molar-refractivity contribution in [1.29, 1.82) is 0 Å². The molecule has 0 aliphatic carbocycles. The number of nitrogens with two attached hydrogens (primary N) is 1. The average molecular weight is 253 g/mol. The highest BCUT2D eigenvalue weighted by Crippen LogP contribution is 2.20. The zero-order chi connectivity index (χ0) is 13.4. The quantitative estimate of drug-likeness (QED) is 0.757. The van der Waals surface area contributed by atoms with Crippen LogP contribution in [0.5, 0.6) is 0 Å². The third-order valence-electron chi connectivity index (χ3n) is 3.11. The molecule has 96 valence electrons. The molecular weight excluding hydrogens is 238 g/mol. The van der Waals surface area contributed by atoms with E-state index in [9.17, 15) is 0 Å². The van der Waals surface area contributed by atoms with Gasteiger partial charge in [0.15, 0.2) is 5.82 Å². The lowest BCUT2D eigenvalue weighted by Crippen LogP contribution is -1.99. The van der Waals surface area contributed by atoms with Crippen LogP contribution in [0.1, 0.15) is 17.0 Å². The van der Waals surface area contributed by atoms with E-state index in [1.165, 1.54) is 0 Å². The number of aromatic nitrogens is 4. The van der Waals surface area contributed by atoms with Crippen molar-refractivity contribution >= 4 is 5.78 Å². The summed E-state index contributed by atoms with van der Waals surface area (Å²) in [6, 6.07) is 10.1. The van der Waals surface area contributed by atoms with Crippen molar-refractivity contribution in [2.24, 2.45) is 5.73 Å². The molecule has 0 aliphatic heterocycles. The standard InChI is InChI=1S/C14H15N5/c1-9-6-10(2)19-13(17-18-14(19)16-9)12-5-3-4-11(7-12)8-15/h3-7H,8,15H2,1-2H3. The van der Waals surface area contributed by atoms with E-state index in [1.807, 2.05) is 48.6 Å². The number of hydrogen-bond donors (Lipinski definition) is 1. The predicted octanol–water partition coefficient (Wildman–Crippen LogP) is 1.87. The van der Waals surface area contributed by atoms with E-state index >= 15 is 0 Å². The van der Waals surface area contributed by atoms with Crippen molar-refractivity contribution < 1.29 is 0 Å². The summed E-state index contributed by atoms with van der Waals surface area (Å²) in [6.45, 7) is 4.50. The fourth-order valence-electron chi connectivity index (χ4n) is 2.25. The van der Waals surface area contributed by atoms with Crippen LogP contribution in [0.2, 0.25) is 0 Å². The lowest BCUT2D eigenvalue weighted by molar-refractivity contribution is 1.01. The zero-order valence-corrected chi connectivity index (χ0v) is 11.0. The van der Waals surface area contributed by atoms with Crippen molar-refractivity contribution in [2.75, 3.05) is 0 Å². The first-order valence-corrected chi connectivity index (χ1v) is 6.18. The van der Waals surface area contributed by atoms with Gasteiger partial charge in [0.1, 0.15) is 0 Å². The summed E-state index contributed by atoms with van der Waals surface area (Å²) in [5, 5.41) is 8.40. The molecule has 0 saturated heterocycles. The lowest BCUT2D eigenvalue weighted by Gasteiger charge is -2.05. The maximum Gasteiger partial charge on any atom is 0.255 e. The maximum absolute atomic E-state index is 5.68. The molecular formula is C14H15N5. The molecule has 0 radical (unpaired) electrons. The van der Waals surface area contributed by atoms with E-state index in [2.05, 4.69) is 15.2 Å². The average Bonchev–Trinajstić information content (AvgIpc) is 2.82. The molecule has 3 rings (SSSR count). The number of fused-ring (bicyclic) bond motifs is 1. The molecule has 0 aliphatic rings. The molecule has 2 heterocycles. The Morgan fingerprint density at radius 1 is 1.16 bits per heavy atom. The highest BCUT2D eigenvalue weighted by atomic mass is 15.3. The van der Waals surface area contributed by atoms with Crippen molar-refractivity contribution in [2.45, 2.75) is 20.4 Å². The van der Waals surface area contributed by atoms with Crippen LogP contribution in [0.15, 0.2) is 30.3 Å². The summed E-state index contributed by atoms with van der Waals surface area (Å²) in [7, 11) is 0. The Kier molecular flexibility index (Phi) is 2.76. The third-order valence-corrected chi connectivity index (χ3v) is 3.11. The number of nitrogens with zero attached hydrogens (tertiary/aromatic N) is 4. The minimum absolute atomic E-state index is 0.515. The van der Waals surface area contributed by atoms with Crippen LogP contribution in [0.4, 0.5) is 0 Å². The Labute approximate surface area is 111 Å². The summed E-state index contributed by atoms with van der Waals surface area (Å²) in [5.41, 5.74) is 9.77. The van der Waals surface area contributed by atoms with Gasteiger partial charge in [0.25, 0.3) is 5.78 Å².